The van der Waals surface area contributed by atoms with Gasteiger partial charge in [-0.1, -0.05) is 36.4 Å². The summed E-state index contributed by atoms with van der Waals surface area (Å²) < 4.78 is 5.56. The van der Waals surface area contributed by atoms with Gasteiger partial charge in [0.25, 0.3) is 5.91 Å². The summed E-state index contributed by atoms with van der Waals surface area (Å²) >= 11 is 0. The van der Waals surface area contributed by atoms with E-state index in [1.165, 1.54) is 0 Å². The van der Waals surface area contributed by atoms with Crippen molar-refractivity contribution in [1.82, 2.24) is 10.6 Å². The molecule has 0 aliphatic carbocycles. The van der Waals surface area contributed by atoms with Gasteiger partial charge in [-0.25, -0.2) is 0 Å². The van der Waals surface area contributed by atoms with Crippen LogP contribution in [0.4, 0.5) is 0 Å². The fourth-order valence-corrected chi connectivity index (χ4v) is 3.07. The zero-order chi connectivity index (χ0) is 20.8. The van der Waals surface area contributed by atoms with Gasteiger partial charge in [-0.3, -0.25) is 9.59 Å². The lowest BCUT2D eigenvalue weighted by atomic mass is 10.0. The summed E-state index contributed by atoms with van der Waals surface area (Å²) in [6.45, 7) is 5.73. The minimum Gasteiger partial charge on any atom is -0.491 e. The van der Waals surface area contributed by atoms with E-state index in [-0.39, 0.29) is 30.5 Å². The molecule has 150 valence electrons. The van der Waals surface area contributed by atoms with Crippen LogP contribution in [0.3, 0.4) is 0 Å². The normalized spacial score (nSPS) is 11.9. The SMILES string of the molecule is CC(C)Oc1ccc(C(=O)NCC(=O)N[C@H](C)c2ccc3ccccc3c2)cc1. The predicted octanol–water partition coefficient (Wildman–Crippen LogP) is 4.23. The molecule has 0 spiro atoms. The zero-order valence-corrected chi connectivity index (χ0v) is 16.9. The van der Waals surface area contributed by atoms with Gasteiger partial charge in [0.05, 0.1) is 18.7 Å². The van der Waals surface area contributed by atoms with E-state index < -0.39 is 0 Å². The Hall–Kier alpha value is -3.34. The molecule has 0 aliphatic rings. The molecule has 5 nitrogen and oxygen atoms in total. The number of fused-ring (bicyclic) bond motifs is 1. The smallest absolute Gasteiger partial charge is 0.251 e. The van der Waals surface area contributed by atoms with Gasteiger partial charge in [0, 0.05) is 5.56 Å². The van der Waals surface area contributed by atoms with Crippen molar-refractivity contribution in [3.63, 3.8) is 0 Å². The van der Waals surface area contributed by atoms with Crippen molar-refractivity contribution in [1.29, 1.82) is 0 Å². The van der Waals surface area contributed by atoms with E-state index >= 15 is 0 Å². The third-order valence-electron chi connectivity index (χ3n) is 4.55. The lowest BCUT2D eigenvalue weighted by Crippen LogP contribution is -2.38. The molecule has 0 aliphatic heterocycles. The average Bonchev–Trinajstić information content (AvgIpc) is 2.71. The van der Waals surface area contributed by atoms with Crippen LogP contribution < -0.4 is 15.4 Å². The van der Waals surface area contributed by atoms with Gasteiger partial charge in [-0.2, -0.15) is 0 Å². The largest absolute Gasteiger partial charge is 0.491 e. The Morgan fingerprint density at radius 2 is 1.59 bits per heavy atom. The van der Waals surface area contributed by atoms with Gasteiger partial charge in [0.1, 0.15) is 5.75 Å². The van der Waals surface area contributed by atoms with Crippen LogP contribution in [0.25, 0.3) is 10.8 Å². The second kappa shape index (κ2) is 9.24. The number of hydrogen-bond acceptors (Lipinski definition) is 3. The molecule has 2 N–H and O–H groups in total. The second-order valence-electron chi connectivity index (χ2n) is 7.27. The molecule has 0 saturated heterocycles. The Morgan fingerprint density at radius 1 is 0.897 bits per heavy atom. The van der Waals surface area contributed by atoms with Crippen molar-refractivity contribution >= 4 is 22.6 Å². The highest BCUT2D eigenvalue weighted by Crippen LogP contribution is 2.20. The molecule has 0 saturated carbocycles. The highest BCUT2D eigenvalue weighted by Gasteiger charge is 2.12. The summed E-state index contributed by atoms with van der Waals surface area (Å²) in [5.41, 5.74) is 1.50. The minimum absolute atomic E-state index is 0.0722. The average molecular weight is 390 g/mol. The van der Waals surface area contributed by atoms with E-state index in [9.17, 15) is 9.59 Å². The van der Waals surface area contributed by atoms with Crippen LogP contribution in [0.2, 0.25) is 0 Å². The molecule has 0 radical (unpaired) electrons. The Bertz CT molecular complexity index is 996. The Labute approximate surface area is 171 Å². The topological polar surface area (TPSA) is 67.4 Å². The van der Waals surface area contributed by atoms with Gasteiger partial charge in [-0.05, 0) is 67.4 Å². The summed E-state index contributed by atoms with van der Waals surface area (Å²) in [6, 6.07) is 20.9. The highest BCUT2D eigenvalue weighted by molar-refractivity contribution is 5.96. The van der Waals surface area contributed by atoms with Crippen LogP contribution in [0.1, 0.15) is 42.7 Å². The van der Waals surface area contributed by atoms with E-state index in [0.717, 1.165) is 16.3 Å². The molecular weight excluding hydrogens is 364 g/mol. The van der Waals surface area contributed by atoms with Crippen LogP contribution in [0.5, 0.6) is 5.75 Å². The van der Waals surface area contributed by atoms with E-state index in [1.54, 1.807) is 24.3 Å². The first-order valence-corrected chi connectivity index (χ1v) is 9.75. The van der Waals surface area contributed by atoms with Crippen molar-refractivity contribution in [3.8, 4) is 5.75 Å². The molecular formula is C24H26N2O3. The Kier molecular flexibility index (Phi) is 6.50. The fourth-order valence-electron chi connectivity index (χ4n) is 3.07. The van der Waals surface area contributed by atoms with E-state index in [0.29, 0.717) is 11.3 Å². The number of carbonyl (C=O) groups is 2. The van der Waals surface area contributed by atoms with Crippen LogP contribution in [0, 0.1) is 0 Å². The first-order valence-electron chi connectivity index (χ1n) is 9.75. The van der Waals surface area contributed by atoms with Crippen molar-refractivity contribution in [2.75, 3.05) is 6.54 Å². The molecule has 3 rings (SSSR count). The number of hydrogen-bond donors (Lipinski definition) is 2. The summed E-state index contributed by atoms with van der Waals surface area (Å²) in [6.07, 6.45) is 0.0722. The Balaban J connectivity index is 1.52. The highest BCUT2D eigenvalue weighted by atomic mass is 16.5. The number of rotatable bonds is 7. The molecule has 1 atom stereocenters. The van der Waals surface area contributed by atoms with Crippen molar-refractivity contribution in [2.24, 2.45) is 0 Å². The maximum Gasteiger partial charge on any atom is 0.251 e. The molecule has 3 aromatic carbocycles. The number of nitrogens with one attached hydrogen (secondary N) is 2. The number of amides is 2. The molecule has 5 heteroatoms. The van der Waals surface area contributed by atoms with Crippen molar-refractivity contribution < 1.29 is 14.3 Å². The minimum atomic E-state index is -0.297. The van der Waals surface area contributed by atoms with E-state index in [2.05, 4.69) is 22.8 Å². The number of carbonyl (C=O) groups excluding carboxylic acids is 2. The van der Waals surface area contributed by atoms with Crippen molar-refractivity contribution in [3.05, 3.63) is 77.9 Å². The van der Waals surface area contributed by atoms with Crippen LogP contribution >= 0.6 is 0 Å². The summed E-state index contributed by atoms with van der Waals surface area (Å²) in [5, 5.41) is 7.87. The predicted molar refractivity (Wildman–Crippen MR) is 115 cm³/mol. The summed E-state index contributed by atoms with van der Waals surface area (Å²) in [5.74, 6) is 0.173. The van der Waals surface area contributed by atoms with E-state index in [1.807, 2.05) is 51.1 Å². The van der Waals surface area contributed by atoms with Gasteiger partial charge >= 0.3 is 0 Å². The van der Waals surface area contributed by atoms with Crippen molar-refractivity contribution in [2.45, 2.75) is 32.9 Å². The number of benzene rings is 3. The van der Waals surface area contributed by atoms with Gasteiger partial charge in [0.15, 0.2) is 0 Å². The van der Waals surface area contributed by atoms with Crippen LogP contribution in [-0.4, -0.2) is 24.5 Å². The fraction of sp³-hybridized carbons (Fsp3) is 0.250. The molecule has 29 heavy (non-hydrogen) atoms. The second-order valence-corrected chi connectivity index (χ2v) is 7.27. The van der Waals surface area contributed by atoms with Crippen LogP contribution in [-0.2, 0) is 4.79 Å². The molecule has 3 aromatic rings. The van der Waals surface area contributed by atoms with Gasteiger partial charge < -0.3 is 15.4 Å². The quantitative estimate of drug-likeness (QED) is 0.634. The molecule has 0 unspecified atom stereocenters. The summed E-state index contributed by atoms with van der Waals surface area (Å²) in [7, 11) is 0. The zero-order valence-electron chi connectivity index (χ0n) is 16.9. The first-order chi connectivity index (χ1) is 13.9. The molecule has 0 heterocycles. The summed E-state index contributed by atoms with van der Waals surface area (Å²) in [4.78, 5) is 24.5. The molecule has 0 bridgehead atoms. The lowest BCUT2D eigenvalue weighted by molar-refractivity contribution is -0.120. The molecule has 0 aromatic heterocycles. The van der Waals surface area contributed by atoms with E-state index in [4.69, 9.17) is 4.74 Å². The van der Waals surface area contributed by atoms with Gasteiger partial charge in [0.2, 0.25) is 5.91 Å². The molecule has 2 amide bonds. The maximum atomic E-state index is 12.3. The van der Waals surface area contributed by atoms with Gasteiger partial charge in [-0.15, -0.1) is 0 Å². The first kappa shape index (κ1) is 20.4. The standard InChI is InChI=1S/C24H26N2O3/c1-16(2)29-22-12-10-19(11-13-22)24(28)25-15-23(27)26-17(3)20-9-8-18-6-4-5-7-21(18)14-20/h4-14,16-17H,15H2,1-3H3,(H,25,28)(H,26,27)/t17-/m1/s1. The van der Waals surface area contributed by atoms with Crippen LogP contribution in [0.15, 0.2) is 66.7 Å². The maximum absolute atomic E-state index is 12.3. The lowest BCUT2D eigenvalue weighted by Gasteiger charge is -2.15. The third-order valence-corrected chi connectivity index (χ3v) is 4.55. The molecule has 0 fully saturated rings. The monoisotopic (exact) mass is 390 g/mol. The third kappa shape index (κ3) is 5.57. The number of ether oxygens (including phenoxy) is 1. The Morgan fingerprint density at radius 3 is 2.28 bits per heavy atom.